The summed E-state index contributed by atoms with van der Waals surface area (Å²) >= 11 is 0. The molecule has 2 amide bonds. The van der Waals surface area contributed by atoms with Crippen molar-refractivity contribution < 1.29 is 24.2 Å². The number of hydrogen-bond acceptors (Lipinski definition) is 4. The molecule has 7 heteroatoms. The Morgan fingerprint density at radius 3 is 2.29 bits per heavy atom. The predicted molar refractivity (Wildman–Crippen MR) is 131 cm³/mol. The first-order valence-corrected chi connectivity index (χ1v) is 12.6. The molecule has 2 unspecified atom stereocenters. The summed E-state index contributed by atoms with van der Waals surface area (Å²) in [6, 6.07) is 15.3. The topological polar surface area (TPSA) is 105 Å². The van der Waals surface area contributed by atoms with Crippen LogP contribution in [0, 0.1) is 11.8 Å². The van der Waals surface area contributed by atoms with Crippen LogP contribution in [0.2, 0.25) is 0 Å². The number of benzene rings is 2. The Hall–Kier alpha value is -3.35. The molecule has 5 rings (SSSR count). The van der Waals surface area contributed by atoms with E-state index in [1.54, 1.807) is 0 Å². The van der Waals surface area contributed by atoms with Gasteiger partial charge in [0.1, 0.15) is 12.6 Å². The van der Waals surface area contributed by atoms with Crippen molar-refractivity contribution in [1.29, 1.82) is 0 Å². The number of amides is 2. The second-order valence-corrected chi connectivity index (χ2v) is 10.0. The maximum atomic E-state index is 13.0. The van der Waals surface area contributed by atoms with Crippen molar-refractivity contribution in [3.8, 4) is 11.1 Å². The average Bonchev–Trinajstić information content (AvgIpc) is 3.17. The highest BCUT2D eigenvalue weighted by Crippen LogP contribution is 2.45. The SMILES string of the molecule is O=C(O)CCC(NC(=O)OCC1c2ccccc2-c2ccccc21)C(=O)NC1C[C@@H]2CCCC[C@H]12. The normalized spacial score (nSPS) is 23.1. The fraction of sp³-hybridized carbons (Fsp3) is 0.464. The van der Waals surface area contributed by atoms with Gasteiger partial charge in [-0.1, -0.05) is 67.8 Å². The van der Waals surface area contributed by atoms with Gasteiger partial charge < -0.3 is 20.5 Å². The van der Waals surface area contributed by atoms with Crippen molar-refractivity contribution in [2.45, 2.75) is 62.9 Å². The maximum absolute atomic E-state index is 13.0. The largest absolute Gasteiger partial charge is 0.481 e. The fourth-order valence-electron chi connectivity index (χ4n) is 6.13. The number of alkyl carbamates (subject to hydrolysis) is 1. The van der Waals surface area contributed by atoms with Crippen LogP contribution >= 0.6 is 0 Å². The first kappa shape index (κ1) is 23.4. The second-order valence-electron chi connectivity index (χ2n) is 10.0. The van der Waals surface area contributed by atoms with Crippen molar-refractivity contribution in [2.24, 2.45) is 11.8 Å². The van der Waals surface area contributed by atoms with Gasteiger partial charge in [0, 0.05) is 18.4 Å². The van der Waals surface area contributed by atoms with Gasteiger partial charge in [-0.2, -0.15) is 0 Å². The lowest BCUT2D eigenvalue weighted by Crippen LogP contribution is -2.57. The highest BCUT2D eigenvalue weighted by atomic mass is 16.5. The molecular weight excluding hydrogens is 444 g/mol. The van der Waals surface area contributed by atoms with Crippen LogP contribution < -0.4 is 10.6 Å². The van der Waals surface area contributed by atoms with Crippen molar-refractivity contribution in [3.05, 3.63) is 59.7 Å². The van der Waals surface area contributed by atoms with E-state index in [4.69, 9.17) is 9.84 Å². The van der Waals surface area contributed by atoms with Crippen LogP contribution in [0.1, 0.15) is 62.0 Å². The highest BCUT2D eigenvalue weighted by molar-refractivity contribution is 5.86. The summed E-state index contributed by atoms with van der Waals surface area (Å²) in [6.45, 7) is 0.138. The van der Waals surface area contributed by atoms with Crippen LogP contribution in [0.25, 0.3) is 11.1 Å². The van der Waals surface area contributed by atoms with Gasteiger partial charge in [-0.05, 0) is 53.4 Å². The molecule has 0 bridgehead atoms. The molecule has 35 heavy (non-hydrogen) atoms. The second kappa shape index (κ2) is 10.1. The number of ether oxygens (including phenoxy) is 1. The monoisotopic (exact) mass is 476 g/mol. The fourth-order valence-corrected chi connectivity index (χ4v) is 6.13. The van der Waals surface area contributed by atoms with E-state index in [0.717, 1.165) is 35.1 Å². The Morgan fingerprint density at radius 1 is 0.971 bits per heavy atom. The molecule has 2 aromatic carbocycles. The van der Waals surface area contributed by atoms with E-state index in [1.165, 1.54) is 19.3 Å². The molecule has 3 aliphatic rings. The molecule has 3 aliphatic carbocycles. The summed E-state index contributed by atoms with van der Waals surface area (Å²) in [4.78, 5) is 36.8. The first-order chi connectivity index (χ1) is 17.0. The smallest absolute Gasteiger partial charge is 0.407 e. The van der Waals surface area contributed by atoms with E-state index in [1.807, 2.05) is 36.4 Å². The van der Waals surface area contributed by atoms with Crippen LogP contribution in [-0.2, 0) is 14.3 Å². The molecule has 184 valence electrons. The minimum atomic E-state index is -1.01. The number of carboxylic acid groups (broad SMARTS) is 1. The molecule has 2 fully saturated rings. The van der Waals surface area contributed by atoms with Crippen LogP contribution in [0.4, 0.5) is 4.79 Å². The lowest BCUT2D eigenvalue weighted by molar-refractivity contribution is -0.137. The zero-order valence-corrected chi connectivity index (χ0v) is 19.7. The minimum absolute atomic E-state index is 0.0200. The third kappa shape index (κ3) is 4.90. The number of hydrogen-bond donors (Lipinski definition) is 3. The number of carbonyl (C=O) groups excluding carboxylic acids is 2. The van der Waals surface area contributed by atoms with Crippen molar-refractivity contribution >= 4 is 18.0 Å². The molecule has 0 aliphatic heterocycles. The summed E-state index contributed by atoms with van der Waals surface area (Å²) in [7, 11) is 0. The summed E-state index contributed by atoms with van der Waals surface area (Å²) in [5.41, 5.74) is 4.48. The predicted octanol–water partition coefficient (Wildman–Crippen LogP) is 4.45. The Kier molecular flexibility index (Phi) is 6.75. The molecule has 0 saturated heterocycles. The van der Waals surface area contributed by atoms with Gasteiger partial charge in [-0.25, -0.2) is 4.79 Å². The number of fused-ring (bicyclic) bond motifs is 4. The van der Waals surface area contributed by atoms with E-state index in [-0.39, 0.29) is 37.3 Å². The lowest BCUT2D eigenvalue weighted by Gasteiger charge is -2.48. The average molecular weight is 477 g/mol. The molecule has 0 heterocycles. The maximum Gasteiger partial charge on any atom is 0.407 e. The van der Waals surface area contributed by atoms with Gasteiger partial charge >= 0.3 is 12.1 Å². The summed E-state index contributed by atoms with van der Waals surface area (Å²) < 4.78 is 5.58. The molecular formula is C28H32N2O5. The van der Waals surface area contributed by atoms with E-state index >= 15 is 0 Å². The first-order valence-electron chi connectivity index (χ1n) is 12.6. The molecule has 4 atom stereocenters. The summed E-state index contributed by atoms with van der Waals surface area (Å²) in [6.07, 6.45) is 4.85. The van der Waals surface area contributed by atoms with E-state index in [9.17, 15) is 14.4 Å². The van der Waals surface area contributed by atoms with Crippen LogP contribution in [0.15, 0.2) is 48.5 Å². The van der Waals surface area contributed by atoms with Crippen LogP contribution in [0.3, 0.4) is 0 Å². The number of aliphatic carboxylic acids is 1. The third-order valence-electron chi connectivity index (χ3n) is 7.97. The molecule has 0 radical (unpaired) electrons. The van der Waals surface area contributed by atoms with Gasteiger partial charge in [0.25, 0.3) is 0 Å². The quantitative estimate of drug-likeness (QED) is 0.522. The summed E-state index contributed by atoms with van der Waals surface area (Å²) in [5.74, 6) is -0.233. The van der Waals surface area contributed by atoms with Gasteiger partial charge in [-0.15, -0.1) is 0 Å². The van der Waals surface area contributed by atoms with Crippen LogP contribution in [-0.4, -0.2) is 41.8 Å². The van der Waals surface area contributed by atoms with E-state index in [0.29, 0.717) is 11.8 Å². The van der Waals surface area contributed by atoms with Crippen molar-refractivity contribution in [1.82, 2.24) is 10.6 Å². The van der Waals surface area contributed by atoms with Crippen molar-refractivity contribution in [3.63, 3.8) is 0 Å². The van der Waals surface area contributed by atoms with E-state index < -0.39 is 18.1 Å². The number of carboxylic acids is 1. The minimum Gasteiger partial charge on any atom is -0.481 e. The molecule has 2 aromatic rings. The molecule has 0 aromatic heterocycles. The Morgan fingerprint density at radius 2 is 1.63 bits per heavy atom. The van der Waals surface area contributed by atoms with Gasteiger partial charge in [0.05, 0.1) is 0 Å². The Bertz CT molecular complexity index is 1070. The zero-order chi connectivity index (χ0) is 24.4. The number of rotatable bonds is 8. The van der Waals surface area contributed by atoms with Crippen molar-refractivity contribution in [2.75, 3.05) is 6.61 Å². The molecule has 2 saturated carbocycles. The lowest BCUT2D eigenvalue weighted by atomic mass is 9.62. The van der Waals surface area contributed by atoms with Crippen LogP contribution in [0.5, 0.6) is 0 Å². The van der Waals surface area contributed by atoms with Gasteiger partial charge in [0.15, 0.2) is 0 Å². The van der Waals surface area contributed by atoms with Gasteiger partial charge in [0.2, 0.25) is 5.91 Å². The van der Waals surface area contributed by atoms with Gasteiger partial charge in [-0.3, -0.25) is 9.59 Å². The number of nitrogens with one attached hydrogen (secondary N) is 2. The highest BCUT2D eigenvalue weighted by Gasteiger charge is 2.43. The molecule has 0 spiro atoms. The molecule has 7 nitrogen and oxygen atoms in total. The van der Waals surface area contributed by atoms with E-state index in [2.05, 4.69) is 22.8 Å². The third-order valence-corrected chi connectivity index (χ3v) is 7.97. The standard InChI is InChI=1S/C28H32N2O5/c31-26(32)14-13-24(27(33)29-25-15-17-7-1-2-8-18(17)25)30-28(34)35-16-23-21-11-5-3-9-19(21)20-10-4-6-12-22(20)23/h3-6,9-12,17-18,23-25H,1-2,7-8,13-16H2,(H,29,33)(H,30,34)(H,31,32)/t17-,18-,24?,25?/m0/s1. The molecule has 3 N–H and O–H groups in total. The Labute approximate surface area is 205 Å². The zero-order valence-electron chi connectivity index (χ0n) is 19.7. The summed E-state index contributed by atoms with van der Waals surface area (Å²) in [5, 5.41) is 14.8. The number of carbonyl (C=O) groups is 3. The Balaban J connectivity index is 1.21.